The third-order valence-corrected chi connectivity index (χ3v) is 8.18. The molecule has 0 spiro atoms. The van der Waals surface area contributed by atoms with Crippen molar-refractivity contribution in [3.63, 3.8) is 0 Å². The normalized spacial score (nSPS) is 17.5. The van der Waals surface area contributed by atoms with Crippen LogP contribution in [0.3, 0.4) is 0 Å². The Morgan fingerprint density at radius 3 is 2.71 bits per heavy atom. The maximum Gasteiger partial charge on any atom is 0.252 e. The summed E-state index contributed by atoms with van der Waals surface area (Å²) in [5, 5.41) is 6.69. The lowest BCUT2D eigenvalue weighted by Crippen LogP contribution is -2.41. The molecular weight excluding hydrogens is 396 g/mol. The van der Waals surface area contributed by atoms with E-state index in [2.05, 4.69) is 29.5 Å². The van der Waals surface area contributed by atoms with E-state index < -0.39 is 10.0 Å². The van der Waals surface area contributed by atoms with Crippen molar-refractivity contribution in [1.82, 2.24) is 14.9 Å². The standard InChI is InChI=1S/C19H34N4O3S2/c1-4-5-6-7-8-16(2)22-19(20-3)21-15-17-9-10-18(27-17)28(24,25)23-11-13-26-14-12-23/h9-10,16H,4-8,11-15H2,1-3H3,(H2,20,21,22). The molecule has 0 aliphatic carbocycles. The number of hydrogen-bond acceptors (Lipinski definition) is 5. The Labute approximate surface area is 173 Å². The van der Waals surface area contributed by atoms with Crippen LogP contribution in [0.25, 0.3) is 0 Å². The highest BCUT2D eigenvalue weighted by atomic mass is 32.2. The molecule has 1 aromatic rings. The van der Waals surface area contributed by atoms with Crippen LogP contribution in [0.15, 0.2) is 21.3 Å². The summed E-state index contributed by atoms with van der Waals surface area (Å²) in [4.78, 5) is 5.24. The number of hydrogen-bond donors (Lipinski definition) is 2. The number of ether oxygens (including phenoxy) is 1. The molecule has 1 aliphatic heterocycles. The number of morpholine rings is 1. The lowest BCUT2D eigenvalue weighted by atomic mass is 10.1. The minimum Gasteiger partial charge on any atom is -0.379 e. The molecule has 2 rings (SSSR count). The summed E-state index contributed by atoms with van der Waals surface area (Å²) < 4.78 is 32.6. The largest absolute Gasteiger partial charge is 0.379 e. The van der Waals surface area contributed by atoms with Crippen LogP contribution in [-0.2, 0) is 21.3 Å². The summed E-state index contributed by atoms with van der Waals surface area (Å²) in [5.41, 5.74) is 0. The fourth-order valence-corrected chi connectivity index (χ4v) is 5.91. The third-order valence-electron chi connectivity index (χ3n) is 4.73. The molecule has 7 nitrogen and oxygen atoms in total. The van der Waals surface area contributed by atoms with E-state index >= 15 is 0 Å². The molecule has 9 heteroatoms. The van der Waals surface area contributed by atoms with Gasteiger partial charge in [0.2, 0.25) is 0 Å². The molecule has 1 saturated heterocycles. The molecule has 1 aliphatic rings. The number of guanidine groups is 1. The molecule has 1 atom stereocenters. The van der Waals surface area contributed by atoms with Gasteiger partial charge in [-0.2, -0.15) is 4.31 Å². The lowest BCUT2D eigenvalue weighted by molar-refractivity contribution is 0.0731. The maximum absolute atomic E-state index is 12.7. The predicted octanol–water partition coefficient (Wildman–Crippen LogP) is 2.79. The Hall–Kier alpha value is -1.16. The van der Waals surface area contributed by atoms with Crippen molar-refractivity contribution in [3.8, 4) is 0 Å². The fourth-order valence-electron chi connectivity index (χ4n) is 3.05. The van der Waals surface area contributed by atoms with Gasteiger partial charge in [0, 0.05) is 31.1 Å². The number of sulfonamides is 1. The van der Waals surface area contributed by atoms with E-state index in [9.17, 15) is 8.42 Å². The number of aliphatic imine (C=N–C) groups is 1. The van der Waals surface area contributed by atoms with Crippen molar-refractivity contribution in [2.75, 3.05) is 33.4 Å². The zero-order valence-corrected chi connectivity index (χ0v) is 18.9. The van der Waals surface area contributed by atoms with Gasteiger partial charge in [0.05, 0.1) is 19.8 Å². The van der Waals surface area contributed by atoms with Gasteiger partial charge < -0.3 is 15.4 Å². The van der Waals surface area contributed by atoms with Crippen molar-refractivity contribution >= 4 is 27.3 Å². The van der Waals surface area contributed by atoms with E-state index in [-0.39, 0.29) is 0 Å². The van der Waals surface area contributed by atoms with Crippen LogP contribution in [0.2, 0.25) is 0 Å². The second kappa shape index (κ2) is 11.7. The predicted molar refractivity (Wildman–Crippen MR) is 115 cm³/mol. The van der Waals surface area contributed by atoms with E-state index in [0.29, 0.717) is 43.1 Å². The Balaban J connectivity index is 1.83. The number of rotatable bonds is 10. The van der Waals surface area contributed by atoms with Gasteiger partial charge in [0.15, 0.2) is 5.96 Å². The molecule has 1 aromatic heterocycles. The van der Waals surface area contributed by atoms with Gasteiger partial charge in [0.1, 0.15) is 4.21 Å². The quantitative estimate of drug-likeness (QED) is 0.339. The minimum atomic E-state index is -3.42. The zero-order chi connectivity index (χ0) is 20.4. The second-order valence-electron chi connectivity index (χ2n) is 7.06. The van der Waals surface area contributed by atoms with Gasteiger partial charge in [0.25, 0.3) is 10.0 Å². The number of thiophene rings is 1. The van der Waals surface area contributed by atoms with Gasteiger partial charge in [-0.15, -0.1) is 11.3 Å². The van der Waals surface area contributed by atoms with Crippen molar-refractivity contribution in [2.24, 2.45) is 4.99 Å². The Morgan fingerprint density at radius 1 is 1.29 bits per heavy atom. The average Bonchev–Trinajstić information content (AvgIpc) is 3.19. The van der Waals surface area contributed by atoms with Crippen LogP contribution in [-0.4, -0.2) is 58.1 Å². The van der Waals surface area contributed by atoms with E-state index in [1.54, 1.807) is 13.1 Å². The summed E-state index contributed by atoms with van der Waals surface area (Å²) >= 11 is 1.31. The van der Waals surface area contributed by atoms with E-state index in [1.165, 1.54) is 41.3 Å². The molecule has 1 unspecified atom stereocenters. The van der Waals surface area contributed by atoms with E-state index in [1.807, 2.05) is 6.07 Å². The van der Waals surface area contributed by atoms with E-state index in [0.717, 1.165) is 17.3 Å². The molecule has 28 heavy (non-hydrogen) atoms. The van der Waals surface area contributed by atoms with Gasteiger partial charge in [-0.05, 0) is 25.5 Å². The molecular formula is C19H34N4O3S2. The highest BCUT2D eigenvalue weighted by molar-refractivity contribution is 7.91. The summed E-state index contributed by atoms with van der Waals surface area (Å²) in [6, 6.07) is 3.91. The zero-order valence-electron chi connectivity index (χ0n) is 17.2. The molecule has 2 N–H and O–H groups in total. The molecule has 2 heterocycles. The Bertz CT molecular complexity index is 713. The van der Waals surface area contributed by atoms with Gasteiger partial charge in [-0.3, -0.25) is 4.99 Å². The molecule has 0 radical (unpaired) electrons. The maximum atomic E-state index is 12.7. The highest BCUT2D eigenvalue weighted by Gasteiger charge is 2.27. The summed E-state index contributed by atoms with van der Waals surface area (Å²) in [6.45, 7) is 6.68. The topological polar surface area (TPSA) is 83.0 Å². The summed E-state index contributed by atoms with van der Waals surface area (Å²) in [5.74, 6) is 0.744. The van der Waals surface area contributed by atoms with Crippen molar-refractivity contribution in [2.45, 2.75) is 62.7 Å². The third kappa shape index (κ3) is 7.02. The first-order chi connectivity index (χ1) is 13.5. The van der Waals surface area contributed by atoms with Gasteiger partial charge in [-0.25, -0.2) is 8.42 Å². The van der Waals surface area contributed by atoms with Crippen molar-refractivity contribution in [3.05, 3.63) is 17.0 Å². The summed E-state index contributed by atoms with van der Waals surface area (Å²) in [6.07, 6.45) is 6.13. The SMILES string of the molecule is CCCCCCC(C)NC(=NC)NCc1ccc(S(=O)(=O)N2CCOCC2)s1. The molecule has 0 bridgehead atoms. The first-order valence-corrected chi connectivity index (χ1v) is 12.4. The second-order valence-corrected chi connectivity index (χ2v) is 10.4. The fraction of sp³-hybridized carbons (Fsp3) is 0.737. The van der Waals surface area contributed by atoms with Gasteiger partial charge >= 0.3 is 0 Å². The van der Waals surface area contributed by atoms with Gasteiger partial charge in [-0.1, -0.05) is 32.6 Å². The smallest absolute Gasteiger partial charge is 0.252 e. The number of nitrogens with one attached hydrogen (secondary N) is 2. The van der Waals surface area contributed by atoms with Crippen LogP contribution in [0.5, 0.6) is 0 Å². The Morgan fingerprint density at radius 2 is 2.04 bits per heavy atom. The van der Waals surface area contributed by atoms with Crippen molar-refractivity contribution in [1.29, 1.82) is 0 Å². The van der Waals surface area contributed by atoms with E-state index in [4.69, 9.17) is 4.74 Å². The minimum absolute atomic E-state index is 0.351. The average molecular weight is 431 g/mol. The first kappa shape index (κ1) is 23.1. The Kier molecular flexibility index (Phi) is 9.70. The number of nitrogens with zero attached hydrogens (tertiary/aromatic N) is 2. The van der Waals surface area contributed by atoms with Crippen LogP contribution < -0.4 is 10.6 Å². The van der Waals surface area contributed by atoms with Crippen molar-refractivity contribution < 1.29 is 13.2 Å². The van der Waals surface area contributed by atoms with Crippen LogP contribution >= 0.6 is 11.3 Å². The first-order valence-electron chi connectivity index (χ1n) is 10.1. The monoisotopic (exact) mass is 430 g/mol. The molecule has 0 saturated carbocycles. The number of unbranched alkanes of at least 4 members (excludes halogenated alkanes) is 3. The lowest BCUT2D eigenvalue weighted by Gasteiger charge is -2.25. The highest BCUT2D eigenvalue weighted by Crippen LogP contribution is 2.25. The van der Waals surface area contributed by atoms with Crippen LogP contribution in [0, 0.1) is 0 Å². The van der Waals surface area contributed by atoms with Crippen LogP contribution in [0.1, 0.15) is 50.8 Å². The molecule has 0 amide bonds. The molecule has 0 aromatic carbocycles. The molecule has 1 fully saturated rings. The van der Waals surface area contributed by atoms with Crippen LogP contribution in [0.4, 0.5) is 0 Å². The molecule has 160 valence electrons. The summed E-state index contributed by atoms with van der Waals surface area (Å²) in [7, 11) is -1.67.